The number of sulfone groups is 1. The van der Waals surface area contributed by atoms with Crippen molar-refractivity contribution in [2.45, 2.75) is 6.42 Å². The topological polar surface area (TPSA) is 102 Å². The first-order valence-electron chi connectivity index (χ1n) is 7.60. The molecule has 24 heavy (non-hydrogen) atoms. The number of benzene rings is 1. The van der Waals surface area contributed by atoms with Crippen LogP contribution in [0, 0.1) is 16.0 Å². The van der Waals surface area contributed by atoms with Crippen molar-refractivity contribution in [3.8, 4) is 11.3 Å². The molecule has 1 N–H and O–H groups in total. The van der Waals surface area contributed by atoms with Crippen molar-refractivity contribution in [2.75, 3.05) is 23.4 Å². The molecule has 1 aromatic heterocycles. The highest BCUT2D eigenvalue weighted by atomic mass is 32.2. The lowest BCUT2D eigenvalue weighted by Crippen LogP contribution is -2.16. The summed E-state index contributed by atoms with van der Waals surface area (Å²) in [7, 11) is -2.92. The predicted octanol–water partition coefficient (Wildman–Crippen LogP) is 2.50. The van der Waals surface area contributed by atoms with Crippen molar-refractivity contribution in [2.24, 2.45) is 5.92 Å². The number of nitro groups is 1. The Labute approximate surface area is 139 Å². The second-order valence-corrected chi connectivity index (χ2v) is 8.07. The van der Waals surface area contributed by atoms with Gasteiger partial charge in [-0.05, 0) is 18.4 Å². The van der Waals surface area contributed by atoms with Gasteiger partial charge in [0.15, 0.2) is 15.5 Å². The van der Waals surface area contributed by atoms with Crippen molar-refractivity contribution < 1.29 is 13.3 Å². The summed E-state index contributed by atoms with van der Waals surface area (Å²) in [5, 5.41) is 14.3. The summed E-state index contributed by atoms with van der Waals surface area (Å²) in [5.74, 6) is 0.955. The SMILES string of the molecule is O=[N+]([O-])c1ccc(NC[C@H]2CCS(=O)(=O)C2)nc1-c1ccccc1. The van der Waals surface area contributed by atoms with E-state index >= 15 is 0 Å². The molecule has 2 heterocycles. The van der Waals surface area contributed by atoms with Gasteiger partial charge in [0.05, 0.1) is 16.4 Å². The fourth-order valence-corrected chi connectivity index (χ4v) is 4.65. The van der Waals surface area contributed by atoms with E-state index in [4.69, 9.17) is 0 Å². The van der Waals surface area contributed by atoms with E-state index < -0.39 is 14.8 Å². The zero-order valence-electron chi connectivity index (χ0n) is 12.9. The van der Waals surface area contributed by atoms with Gasteiger partial charge in [-0.2, -0.15) is 0 Å². The Kier molecular flexibility index (Phi) is 4.48. The molecule has 0 saturated carbocycles. The van der Waals surface area contributed by atoms with Crippen LogP contribution in [0.1, 0.15) is 6.42 Å². The molecule has 1 aromatic carbocycles. The number of nitrogens with zero attached hydrogens (tertiary/aromatic N) is 2. The summed E-state index contributed by atoms with van der Waals surface area (Å²) in [6, 6.07) is 11.9. The van der Waals surface area contributed by atoms with Crippen molar-refractivity contribution in [1.29, 1.82) is 0 Å². The van der Waals surface area contributed by atoms with Gasteiger partial charge in [0.1, 0.15) is 5.82 Å². The molecule has 3 rings (SSSR count). The van der Waals surface area contributed by atoms with Gasteiger partial charge < -0.3 is 5.32 Å². The molecule has 1 fully saturated rings. The standard InChI is InChI=1S/C16H17N3O4S/c20-19(21)14-6-7-15(17-10-12-8-9-24(22,23)11-12)18-16(14)13-4-2-1-3-5-13/h1-7,12H,8-11H2,(H,17,18)/t12-/m1/s1. The summed E-state index contributed by atoms with van der Waals surface area (Å²) >= 11 is 0. The summed E-state index contributed by atoms with van der Waals surface area (Å²) < 4.78 is 23.0. The summed E-state index contributed by atoms with van der Waals surface area (Å²) in [4.78, 5) is 15.1. The number of hydrogen-bond acceptors (Lipinski definition) is 6. The normalized spacial score (nSPS) is 19.1. The molecule has 1 saturated heterocycles. The monoisotopic (exact) mass is 347 g/mol. The quantitative estimate of drug-likeness (QED) is 0.658. The van der Waals surface area contributed by atoms with E-state index in [1.807, 2.05) is 6.07 Å². The third-order valence-corrected chi connectivity index (χ3v) is 5.85. The minimum Gasteiger partial charge on any atom is -0.370 e. The zero-order chi connectivity index (χ0) is 17.2. The first-order valence-corrected chi connectivity index (χ1v) is 9.42. The van der Waals surface area contributed by atoms with Crippen LogP contribution in [0.15, 0.2) is 42.5 Å². The Morgan fingerprint density at radius 1 is 1.21 bits per heavy atom. The molecule has 0 bridgehead atoms. The van der Waals surface area contributed by atoms with Gasteiger partial charge in [-0.15, -0.1) is 0 Å². The highest BCUT2D eigenvalue weighted by Gasteiger charge is 2.27. The second kappa shape index (κ2) is 6.56. The summed E-state index contributed by atoms with van der Waals surface area (Å²) in [5.41, 5.74) is 0.899. The Hall–Kier alpha value is -2.48. The minimum atomic E-state index is -2.92. The molecule has 0 unspecified atom stereocenters. The average Bonchev–Trinajstić information content (AvgIpc) is 2.92. The van der Waals surface area contributed by atoms with Gasteiger partial charge in [-0.3, -0.25) is 10.1 Å². The first-order chi connectivity index (χ1) is 11.4. The number of nitrogens with one attached hydrogen (secondary N) is 1. The Balaban J connectivity index is 1.81. The zero-order valence-corrected chi connectivity index (χ0v) is 13.7. The number of pyridine rings is 1. The van der Waals surface area contributed by atoms with Crippen LogP contribution in [0.25, 0.3) is 11.3 Å². The van der Waals surface area contributed by atoms with E-state index in [0.29, 0.717) is 30.0 Å². The molecule has 126 valence electrons. The van der Waals surface area contributed by atoms with Gasteiger partial charge in [-0.25, -0.2) is 13.4 Å². The number of rotatable bonds is 5. The third kappa shape index (κ3) is 3.70. The van der Waals surface area contributed by atoms with Crippen LogP contribution in [0.5, 0.6) is 0 Å². The molecule has 1 atom stereocenters. The lowest BCUT2D eigenvalue weighted by atomic mass is 10.1. The number of hydrogen-bond donors (Lipinski definition) is 1. The average molecular weight is 347 g/mol. The minimum absolute atomic E-state index is 0.0483. The predicted molar refractivity (Wildman–Crippen MR) is 91.6 cm³/mol. The molecule has 1 aliphatic rings. The van der Waals surface area contributed by atoms with E-state index in [1.165, 1.54) is 6.07 Å². The van der Waals surface area contributed by atoms with Gasteiger partial charge in [0.2, 0.25) is 0 Å². The maximum atomic E-state index is 11.5. The van der Waals surface area contributed by atoms with Crippen LogP contribution in [-0.4, -0.2) is 36.4 Å². The molecule has 0 spiro atoms. The number of aromatic nitrogens is 1. The fourth-order valence-electron chi connectivity index (χ4n) is 2.79. The number of anilines is 1. The van der Waals surface area contributed by atoms with E-state index in [-0.39, 0.29) is 23.1 Å². The molecule has 0 radical (unpaired) electrons. The fraction of sp³-hybridized carbons (Fsp3) is 0.312. The molecule has 2 aromatic rings. The van der Waals surface area contributed by atoms with Crippen LogP contribution in [0.3, 0.4) is 0 Å². The molecule has 8 heteroatoms. The van der Waals surface area contributed by atoms with Gasteiger partial charge in [0, 0.05) is 18.2 Å². The van der Waals surface area contributed by atoms with Crippen molar-refractivity contribution in [3.05, 3.63) is 52.6 Å². The summed E-state index contributed by atoms with van der Waals surface area (Å²) in [6.07, 6.45) is 0.633. The van der Waals surface area contributed by atoms with Crippen LogP contribution >= 0.6 is 0 Å². The molecular formula is C16H17N3O4S. The van der Waals surface area contributed by atoms with Crippen molar-refractivity contribution >= 4 is 21.3 Å². The maximum absolute atomic E-state index is 11.5. The van der Waals surface area contributed by atoms with Crippen LogP contribution in [0.4, 0.5) is 11.5 Å². The smallest absolute Gasteiger partial charge is 0.295 e. The van der Waals surface area contributed by atoms with Gasteiger partial charge in [0.25, 0.3) is 5.69 Å². The highest BCUT2D eigenvalue weighted by Crippen LogP contribution is 2.29. The van der Waals surface area contributed by atoms with E-state index in [0.717, 1.165) is 0 Å². The van der Waals surface area contributed by atoms with Gasteiger partial charge >= 0.3 is 0 Å². The first kappa shape index (κ1) is 16.4. The van der Waals surface area contributed by atoms with Gasteiger partial charge in [-0.1, -0.05) is 30.3 Å². The van der Waals surface area contributed by atoms with E-state index in [1.54, 1.807) is 30.3 Å². The maximum Gasteiger partial charge on any atom is 0.295 e. The molecular weight excluding hydrogens is 330 g/mol. The molecule has 7 nitrogen and oxygen atoms in total. The Morgan fingerprint density at radius 3 is 2.58 bits per heavy atom. The Bertz CT molecular complexity index is 853. The lowest BCUT2D eigenvalue weighted by Gasteiger charge is -2.11. The van der Waals surface area contributed by atoms with E-state index in [2.05, 4.69) is 10.3 Å². The molecule has 0 aliphatic carbocycles. The second-order valence-electron chi connectivity index (χ2n) is 5.84. The lowest BCUT2D eigenvalue weighted by molar-refractivity contribution is -0.384. The molecule has 1 aliphatic heterocycles. The van der Waals surface area contributed by atoms with E-state index in [9.17, 15) is 18.5 Å². The van der Waals surface area contributed by atoms with Crippen LogP contribution in [0.2, 0.25) is 0 Å². The van der Waals surface area contributed by atoms with Crippen molar-refractivity contribution in [3.63, 3.8) is 0 Å². The summed E-state index contributed by atoms with van der Waals surface area (Å²) in [6.45, 7) is 0.484. The third-order valence-electron chi connectivity index (χ3n) is 4.02. The largest absolute Gasteiger partial charge is 0.370 e. The van der Waals surface area contributed by atoms with Crippen LogP contribution < -0.4 is 5.32 Å². The Morgan fingerprint density at radius 2 is 1.96 bits per heavy atom. The highest BCUT2D eigenvalue weighted by molar-refractivity contribution is 7.91. The van der Waals surface area contributed by atoms with Crippen molar-refractivity contribution in [1.82, 2.24) is 4.98 Å². The molecule has 0 amide bonds. The van der Waals surface area contributed by atoms with Crippen LogP contribution in [-0.2, 0) is 9.84 Å².